The maximum atomic E-state index is 13.5. The van der Waals surface area contributed by atoms with Gasteiger partial charge < -0.3 is 0 Å². The van der Waals surface area contributed by atoms with Crippen LogP contribution < -0.4 is 0 Å². The number of carbonyl (C=O) groups is 1. The lowest BCUT2D eigenvalue weighted by molar-refractivity contribution is -0.146. The molecule has 0 saturated carbocycles. The molecule has 1 aliphatic carbocycles. The number of fused-ring (bicyclic) bond motifs is 1. The number of ketones is 1. The molecule has 0 amide bonds. The summed E-state index contributed by atoms with van der Waals surface area (Å²) in [6, 6.07) is 0. The van der Waals surface area contributed by atoms with E-state index in [-0.39, 0.29) is 0 Å². The van der Waals surface area contributed by atoms with Gasteiger partial charge in [-0.3, -0.25) is 9.48 Å². The first-order chi connectivity index (χ1) is 7.64. The van der Waals surface area contributed by atoms with Crippen LogP contribution in [-0.2, 0) is 19.1 Å². The number of nitrogens with zero attached hydrogens (tertiary/aromatic N) is 2. The Morgan fingerprint density at radius 3 is 2.47 bits per heavy atom. The molecule has 1 heterocycles. The molecular weight excluding hydrogens is 247 g/mol. The Kier molecular flexibility index (Phi) is 2.31. The van der Waals surface area contributed by atoms with Crippen LogP contribution in [0.3, 0.4) is 0 Å². The van der Waals surface area contributed by atoms with Crippen LogP contribution in [-0.4, -0.2) is 15.6 Å². The summed E-state index contributed by atoms with van der Waals surface area (Å²) < 4.78 is 65.1. The Balaban J connectivity index is 2.75. The fourth-order valence-electron chi connectivity index (χ4n) is 1.90. The number of aromatic nitrogens is 2. The van der Waals surface area contributed by atoms with Crippen LogP contribution in [0.1, 0.15) is 34.6 Å². The normalized spacial score (nSPS) is 19.3. The number of hydrogen-bond donors (Lipinski definition) is 0. The second-order valence-electron chi connectivity index (χ2n) is 3.82. The van der Waals surface area contributed by atoms with Crippen LogP contribution in [0.25, 0.3) is 0 Å². The lowest BCUT2D eigenvalue weighted by Gasteiger charge is -2.22. The molecule has 0 N–H and O–H groups in total. The number of aryl methyl sites for hydroxylation is 1. The summed E-state index contributed by atoms with van der Waals surface area (Å²) in [4.78, 5) is 11.4. The highest BCUT2D eigenvalue weighted by Gasteiger charge is 2.51. The van der Waals surface area contributed by atoms with E-state index in [4.69, 9.17) is 0 Å². The first-order valence-corrected chi connectivity index (χ1v) is 4.70. The van der Waals surface area contributed by atoms with Gasteiger partial charge in [-0.25, -0.2) is 8.78 Å². The van der Waals surface area contributed by atoms with Gasteiger partial charge in [-0.05, 0) is 0 Å². The molecule has 1 aliphatic rings. The van der Waals surface area contributed by atoms with Gasteiger partial charge >= 0.3 is 6.18 Å². The van der Waals surface area contributed by atoms with Gasteiger partial charge in [0.2, 0.25) is 0 Å². The molecule has 2 rings (SSSR count). The Hall–Kier alpha value is -1.47. The number of Topliss-reactive ketones (excluding diaryl/α,β-unsaturated/α-hetero) is 1. The third-order valence-electron chi connectivity index (χ3n) is 2.61. The molecule has 0 fully saturated rings. The zero-order chi connectivity index (χ0) is 13.0. The molecule has 94 valence electrons. The van der Waals surface area contributed by atoms with E-state index < -0.39 is 47.7 Å². The molecular formula is C9H7F5N2O. The van der Waals surface area contributed by atoms with Crippen molar-refractivity contribution in [2.75, 3.05) is 0 Å². The quantitative estimate of drug-likeness (QED) is 0.667. The second-order valence-corrected chi connectivity index (χ2v) is 3.82. The van der Waals surface area contributed by atoms with E-state index in [2.05, 4.69) is 5.10 Å². The van der Waals surface area contributed by atoms with Crippen molar-refractivity contribution in [2.24, 2.45) is 7.05 Å². The summed E-state index contributed by atoms with van der Waals surface area (Å²) in [7, 11) is 1.05. The van der Waals surface area contributed by atoms with Crippen molar-refractivity contribution in [1.82, 2.24) is 9.78 Å². The largest absolute Gasteiger partial charge is 0.435 e. The van der Waals surface area contributed by atoms with Crippen molar-refractivity contribution in [1.29, 1.82) is 0 Å². The molecule has 1 aromatic rings. The SMILES string of the molecule is Cn1nc(C(F)(F)F)c2c1C(=O)CCC2(F)F. The van der Waals surface area contributed by atoms with Crippen LogP contribution in [0.2, 0.25) is 0 Å². The van der Waals surface area contributed by atoms with Crippen molar-refractivity contribution >= 4 is 5.78 Å². The van der Waals surface area contributed by atoms with Crippen LogP contribution in [0.4, 0.5) is 22.0 Å². The van der Waals surface area contributed by atoms with Gasteiger partial charge in [0.1, 0.15) is 5.69 Å². The first-order valence-electron chi connectivity index (χ1n) is 4.70. The number of rotatable bonds is 0. The Bertz CT molecular complexity index is 488. The van der Waals surface area contributed by atoms with E-state index in [0.29, 0.717) is 4.68 Å². The van der Waals surface area contributed by atoms with E-state index in [1.807, 2.05) is 0 Å². The highest BCUT2D eigenvalue weighted by Crippen LogP contribution is 2.45. The standard InChI is InChI=1S/C9H7F5N2O/c1-16-6-4(17)2-3-8(10,11)5(6)7(15-16)9(12,13)14/h2-3H2,1H3. The fourth-order valence-corrected chi connectivity index (χ4v) is 1.90. The molecule has 0 unspecified atom stereocenters. The average molecular weight is 254 g/mol. The summed E-state index contributed by atoms with van der Waals surface area (Å²) in [5.74, 6) is -4.40. The zero-order valence-electron chi connectivity index (χ0n) is 8.61. The van der Waals surface area contributed by atoms with Crippen LogP contribution in [0.15, 0.2) is 0 Å². The third kappa shape index (κ3) is 1.71. The first kappa shape index (κ1) is 12.0. The van der Waals surface area contributed by atoms with E-state index in [1.165, 1.54) is 0 Å². The van der Waals surface area contributed by atoms with Crippen molar-refractivity contribution in [3.63, 3.8) is 0 Å². The molecule has 1 aromatic heterocycles. The van der Waals surface area contributed by atoms with E-state index in [1.54, 1.807) is 0 Å². The number of halogens is 5. The number of hydrogen-bond acceptors (Lipinski definition) is 2. The average Bonchev–Trinajstić information content (AvgIpc) is 2.51. The van der Waals surface area contributed by atoms with Crippen LogP contribution in [0.5, 0.6) is 0 Å². The summed E-state index contributed by atoms with van der Waals surface area (Å²) in [5.41, 5.74) is -3.61. The molecule has 17 heavy (non-hydrogen) atoms. The monoisotopic (exact) mass is 254 g/mol. The third-order valence-corrected chi connectivity index (χ3v) is 2.61. The minimum absolute atomic E-state index is 0.475. The highest BCUT2D eigenvalue weighted by molar-refractivity contribution is 5.97. The smallest absolute Gasteiger partial charge is 0.292 e. The Morgan fingerprint density at radius 1 is 1.35 bits per heavy atom. The van der Waals surface area contributed by atoms with Crippen molar-refractivity contribution in [3.05, 3.63) is 17.0 Å². The molecule has 3 nitrogen and oxygen atoms in total. The maximum absolute atomic E-state index is 13.5. The van der Waals surface area contributed by atoms with Gasteiger partial charge in [0, 0.05) is 19.9 Å². The van der Waals surface area contributed by atoms with Crippen molar-refractivity contribution < 1.29 is 26.7 Å². The van der Waals surface area contributed by atoms with Crippen molar-refractivity contribution in [3.8, 4) is 0 Å². The Labute approximate surface area is 92.2 Å². The minimum atomic E-state index is -4.99. The molecule has 0 aromatic carbocycles. The number of carbonyl (C=O) groups excluding carboxylic acids is 1. The van der Waals surface area contributed by atoms with Crippen LogP contribution >= 0.6 is 0 Å². The van der Waals surface area contributed by atoms with E-state index in [0.717, 1.165) is 7.05 Å². The van der Waals surface area contributed by atoms with E-state index in [9.17, 15) is 26.7 Å². The topological polar surface area (TPSA) is 34.9 Å². The minimum Gasteiger partial charge on any atom is -0.292 e. The van der Waals surface area contributed by atoms with Gasteiger partial charge in [-0.2, -0.15) is 18.3 Å². The number of alkyl halides is 5. The lowest BCUT2D eigenvalue weighted by atomic mass is 9.91. The zero-order valence-corrected chi connectivity index (χ0v) is 8.61. The Morgan fingerprint density at radius 2 is 1.94 bits per heavy atom. The van der Waals surface area contributed by atoms with Gasteiger partial charge in [-0.15, -0.1) is 0 Å². The maximum Gasteiger partial charge on any atom is 0.435 e. The predicted octanol–water partition coefficient (Wildman–Crippen LogP) is 2.51. The summed E-state index contributed by atoms with van der Waals surface area (Å²) in [6.07, 6.45) is -6.38. The highest BCUT2D eigenvalue weighted by atomic mass is 19.4. The van der Waals surface area contributed by atoms with Crippen LogP contribution in [0, 0.1) is 0 Å². The molecule has 0 bridgehead atoms. The molecule has 0 aliphatic heterocycles. The molecule has 0 atom stereocenters. The fraction of sp³-hybridized carbons (Fsp3) is 0.556. The van der Waals surface area contributed by atoms with Gasteiger partial charge in [0.15, 0.2) is 11.5 Å². The molecule has 8 heteroatoms. The van der Waals surface area contributed by atoms with E-state index >= 15 is 0 Å². The second kappa shape index (κ2) is 3.27. The van der Waals surface area contributed by atoms with Gasteiger partial charge in [0.25, 0.3) is 5.92 Å². The van der Waals surface area contributed by atoms with Gasteiger partial charge in [-0.1, -0.05) is 0 Å². The lowest BCUT2D eigenvalue weighted by Crippen LogP contribution is -2.27. The van der Waals surface area contributed by atoms with Gasteiger partial charge in [0.05, 0.1) is 5.56 Å². The molecule has 0 saturated heterocycles. The summed E-state index contributed by atoms with van der Waals surface area (Å²) >= 11 is 0. The van der Waals surface area contributed by atoms with Crippen molar-refractivity contribution in [2.45, 2.75) is 24.9 Å². The summed E-state index contributed by atoms with van der Waals surface area (Å²) in [6.45, 7) is 0. The predicted molar refractivity (Wildman–Crippen MR) is 45.7 cm³/mol. The molecule has 0 spiro atoms. The molecule has 0 radical (unpaired) electrons. The summed E-state index contributed by atoms with van der Waals surface area (Å²) in [5, 5.41) is 3.00.